The van der Waals surface area contributed by atoms with Crippen molar-refractivity contribution in [1.29, 1.82) is 0 Å². The van der Waals surface area contributed by atoms with Gasteiger partial charge in [0.25, 0.3) is 5.91 Å². The number of halogens is 2. The summed E-state index contributed by atoms with van der Waals surface area (Å²) in [6.07, 6.45) is 0.671. The molecule has 1 aromatic rings. The molecule has 3 N–H and O–H groups in total. The molecule has 0 saturated carbocycles. The van der Waals surface area contributed by atoms with E-state index in [1.165, 1.54) is 0 Å². The first-order chi connectivity index (χ1) is 8.56. The van der Waals surface area contributed by atoms with Gasteiger partial charge in [-0.15, -0.1) is 0 Å². The standard InChI is InChI=1S/C11H11F2N3O2/c12-6-1-2-7(13)9(5-6)15-16-11(18)8-3-4-10(17)14-8/h1-2,5,8,15H,3-4H2,(H,14,17)(H,16,18). The van der Waals surface area contributed by atoms with Crippen LogP contribution in [0.1, 0.15) is 12.8 Å². The summed E-state index contributed by atoms with van der Waals surface area (Å²) in [5, 5.41) is 2.46. The zero-order chi connectivity index (χ0) is 13.1. The quantitative estimate of drug-likeness (QED) is 0.696. The Hall–Kier alpha value is -2.18. The number of hydrazine groups is 1. The maximum absolute atomic E-state index is 13.2. The summed E-state index contributed by atoms with van der Waals surface area (Å²) in [6, 6.07) is 2.20. The highest BCUT2D eigenvalue weighted by Gasteiger charge is 2.27. The van der Waals surface area contributed by atoms with Crippen molar-refractivity contribution < 1.29 is 18.4 Å². The Morgan fingerprint density at radius 2 is 2.17 bits per heavy atom. The zero-order valence-electron chi connectivity index (χ0n) is 9.30. The van der Waals surface area contributed by atoms with Gasteiger partial charge in [0.15, 0.2) is 0 Å². The molecule has 0 bridgehead atoms. The van der Waals surface area contributed by atoms with Gasteiger partial charge in [-0.25, -0.2) is 8.78 Å². The Kier molecular flexibility index (Phi) is 3.40. The van der Waals surface area contributed by atoms with Crippen molar-refractivity contribution in [2.75, 3.05) is 5.43 Å². The summed E-state index contributed by atoms with van der Waals surface area (Å²) in [5.74, 6) is -2.01. The van der Waals surface area contributed by atoms with Crippen LogP contribution >= 0.6 is 0 Å². The lowest BCUT2D eigenvalue weighted by molar-refractivity contribution is -0.125. The molecule has 5 nitrogen and oxygen atoms in total. The molecule has 1 aliphatic rings. The molecule has 2 rings (SSSR count). The Morgan fingerprint density at radius 1 is 1.39 bits per heavy atom. The number of carbonyl (C=O) groups excluding carboxylic acids is 2. The van der Waals surface area contributed by atoms with Crippen molar-refractivity contribution in [1.82, 2.24) is 10.7 Å². The second kappa shape index (κ2) is 4.99. The molecule has 0 aliphatic carbocycles. The molecule has 1 fully saturated rings. The first-order valence-electron chi connectivity index (χ1n) is 5.36. The monoisotopic (exact) mass is 255 g/mol. The van der Waals surface area contributed by atoms with Crippen molar-refractivity contribution in [2.24, 2.45) is 0 Å². The van der Waals surface area contributed by atoms with Crippen LogP contribution in [0.25, 0.3) is 0 Å². The van der Waals surface area contributed by atoms with Crippen LogP contribution in [-0.4, -0.2) is 17.9 Å². The summed E-state index contributed by atoms with van der Waals surface area (Å²) >= 11 is 0. The fourth-order valence-corrected chi connectivity index (χ4v) is 1.62. The van der Waals surface area contributed by atoms with Gasteiger partial charge in [0.05, 0.1) is 5.69 Å². The van der Waals surface area contributed by atoms with Gasteiger partial charge in [0.1, 0.15) is 17.7 Å². The van der Waals surface area contributed by atoms with Crippen molar-refractivity contribution in [3.8, 4) is 0 Å². The highest BCUT2D eigenvalue weighted by Crippen LogP contribution is 2.14. The third-order valence-corrected chi connectivity index (χ3v) is 2.56. The predicted molar refractivity (Wildman–Crippen MR) is 59.3 cm³/mol. The Bertz CT molecular complexity index is 493. The van der Waals surface area contributed by atoms with Crippen LogP contribution < -0.4 is 16.2 Å². The number of amides is 2. The molecule has 1 atom stereocenters. The molecule has 7 heteroatoms. The number of rotatable bonds is 3. The van der Waals surface area contributed by atoms with Gasteiger partial charge >= 0.3 is 0 Å². The Morgan fingerprint density at radius 3 is 2.83 bits per heavy atom. The maximum Gasteiger partial charge on any atom is 0.260 e. The molecule has 1 saturated heterocycles. The summed E-state index contributed by atoms with van der Waals surface area (Å²) in [5.41, 5.74) is 4.33. The Labute approximate surface area is 102 Å². The normalized spacial score (nSPS) is 18.3. The molecule has 96 valence electrons. The molecule has 0 radical (unpaired) electrons. The van der Waals surface area contributed by atoms with Crippen molar-refractivity contribution in [2.45, 2.75) is 18.9 Å². The zero-order valence-corrected chi connectivity index (χ0v) is 9.30. The number of nitrogens with one attached hydrogen (secondary N) is 3. The van der Waals surface area contributed by atoms with Gasteiger partial charge < -0.3 is 5.32 Å². The smallest absolute Gasteiger partial charge is 0.260 e. The van der Waals surface area contributed by atoms with Crippen LogP contribution in [0.3, 0.4) is 0 Å². The van der Waals surface area contributed by atoms with Crippen molar-refractivity contribution in [3.63, 3.8) is 0 Å². The van der Waals surface area contributed by atoms with E-state index in [0.29, 0.717) is 6.42 Å². The van der Waals surface area contributed by atoms with Crippen LogP contribution in [0.15, 0.2) is 18.2 Å². The first-order valence-corrected chi connectivity index (χ1v) is 5.36. The number of benzene rings is 1. The van der Waals surface area contributed by atoms with Crippen molar-refractivity contribution in [3.05, 3.63) is 29.8 Å². The lowest BCUT2D eigenvalue weighted by atomic mass is 10.2. The number of carbonyl (C=O) groups is 2. The SMILES string of the molecule is O=C1CCC(C(=O)NNc2cc(F)ccc2F)N1. The lowest BCUT2D eigenvalue weighted by Gasteiger charge is -2.13. The van der Waals surface area contributed by atoms with Gasteiger partial charge in [0.2, 0.25) is 5.91 Å². The van der Waals surface area contributed by atoms with Crippen LogP contribution in [0.4, 0.5) is 14.5 Å². The summed E-state index contributed by atoms with van der Waals surface area (Å²) < 4.78 is 26.1. The van der Waals surface area contributed by atoms with E-state index < -0.39 is 23.6 Å². The van der Waals surface area contributed by atoms with Crippen LogP contribution in [0.5, 0.6) is 0 Å². The van der Waals surface area contributed by atoms with E-state index in [1.54, 1.807) is 0 Å². The molecule has 1 aliphatic heterocycles. The third kappa shape index (κ3) is 2.73. The van der Waals surface area contributed by atoms with E-state index in [4.69, 9.17) is 0 Å². The van der Waals surface area contributed by atoms with E-state index in [0.717, 1.165) is 18.2 Å². The number of hydrogen-bond acceptors (Lipinski definition) is 3. The largest absolute Gasteiger partial charge is 0.344 e. The van der Waals surface area contributed by atoms with Crippen LogP contribution in [-0.2, 0) is 9.59 Å². The average Bonchev–Trinajstić information content (AvgIpc) is 2.77. The van der Waals surface area contributed by atoms with E-state index in [2.05, 4.69) is 16.2 Å². The van der Waals surface area contributed by atoms with Gasteiger partial charge in [-0.1, -0.05) is 0 Å². The predicted octanol–water partition coefficient (Wildman–Crippen LogP) is 0.687. The fourth-order valence-electron chi connectivity index (χ4n) is 1.62. The van der Waals surface area contributed by atoms with Gasteiger partial charge in [-0.05, 0) is 18.6 Å². The van der Waals surface area contributed by atoms with Crippen molar-refractivity contribution >= 4 is 17.5 Å². The van der Waals surface area contributed by atoms with Gasteiger partial charge in [0, 0.05) is 12.5 Å². The van der Waals surface area contributed by atoms with Crippen LogP contribution in [0, 0.1) is 11.6 Å². The maximum atomic E-state index is 13.2. The highest BCUT2D eigenvalue weighted by atomic mass is 19.1. The van der Waals surface area contributed by atoms with E-state index in [1.807, 2.05) is 0 Å². The van der Waals surface area contributed by atoms with Gasteiger partial charge in [-0.2, -0.15) is 0 Å². The second-order valence-electron chi connectivity index (χ2n) is 3.90. The third-order valence-electron chi connectivity index (χ3n) is 2.56. The minimum absolute atomic E-state index is 0.173. The first kappa shape index (κ1) is 12.3. The molecule has 18 heavy (non-hydrogen) atoms. The topological polar surface area (TPSA) is 70.2 Å². The average molecular weight is 255 g/mol. The summed E-state index contributed by atoms with van der Waals surface area (Å²) in [7, 11) is 0. The fraction of sp³-hybridized carbons (Fsp3) is 0.273. The molecule has 0 aromatic heterocycles. The molecular formula is C11H11F2N3O2. The number of hydrogen-bond donors (Lipinski definition) is 3. The molecule has 2 amide bonds. The second-order valence-corrected chi connectivity index (χ2v) is 3.90. The molecule has 1 heterocycles. The highest BCUT2D eigenvalue weighted by molar-refractivity contribution is 5.91. The molecule has 1 unspecified atom stereocenters. The summed E-state index contributed by atoms with van der Waals surface area (Å²) in [4.78, 5) is 22.5. The molecular weight excluding hydrogens is 244 g/mol. The minimum Gasteiger partial charge on any atom is -0.344 e. The van der Waals surface area contributed by atoms with Gasteiger partial charge in [-0.3, -0.25) is 20.4 Å². The van der Waals surface area contributed by atoms with E-state index in [9.17, 15) is 18.4 Å². The summed E-state index contributed by atoms with van der Waals surface area (Å²) in [6.45, 7) is 0. The molecule has 1 aromatic carbocycles. The Balaban J connectivity index is 1.93. The number of anilines is 1. The molecule has 0 spiro atoms. The minimum atomic E-state index is -0.688. The lowest BCUT2D eigenvalue weighted by Crippen LogP contribution is -2.44. The van der Waals surface area contributed by atoms with E-state index in [-0.39, 0.29) is 18.0 Å². The van der Waals surface area contributed by atoms with Crippen LogP contribution in [0.2, 0.25) is 0 Å². The van der Waals surface area contributed by atoms with E-state index >= 15 is 0 Å².